The Balaban J connectivity index is 2.93. The Morgan fingerprint density at radius 3 is 2.30 bits per heavy atom. The van der Waals surface area contributed by atoms with E-state index in [1.807, 2.05) is 0 Å². The van der Waals surface area contributed by atoms with Gasteiger partial charge < -0.3 is 0 Å². The first-order valence-corrected chi connectivity index (χ1v) is 2.89. The zero-order chi connectivity index (χ0) is 7.40. The van der Waals surface area contributed by atoms with Gasteiger partial charge in [0.25, 0.3) is 0 Å². The molecule has 0 fully saturated rings. The molecule has 0 atom stereocenters. The number of rotatable bonds is 1. The van der Waals surface area contributed by atoms with Gasteiger partial charge in [-0.25, -0.2) is 9.24 Å². The van der Waals surface area contributed by atoms with Crippen molar-refractivity contribution in [2.45, 2.75) is 6.67 Å². The van der Waals surface area contributed by atoms with Gasteiger partial charge >= 0.3 is 0 Å². The Hall–Kier alpha value is -1.36. The van der Waals surface area contributed by atoms with Gasteiger partial charge in [-0.2, -0.15) is 0 Å². The summed E-state index contributed by atoms with van der Waals surface area (Å²) in [5, 5.41) is 0. The van der Waals surface area contributed by atoms with Crippen molar-refractivity contribution in [3.63, 3.8) is 0 Å². The summed E-state index contributed by atoms with van der Waals surface area (Å²) in [6, 6.07) is 6.46. The summed E-state index contributed by atoms with van der Waals surface area (Å²) < 4.78 is 11.9. The molecular weight excluding hydrogens is 129 g/mol. The predicted octanol–water partition coefficient (Wildman–Crippen LogP) is 2.71. The van der Waals surface area contributed by atoms with Crippen LogP contribution in [0.3, 0.4) is 0 Å². The Kier molecular flexibility index (Phi) is 2.01. The number of hydrogen-bond donors (Lipinski definition) is 0. The minimum absolute atomic E-state index is 0.460. The summed E-state index contributed by atoms with van der Waals surface area (Å²) in [5.74, 6) is 0. The molecule has 0 aliphatic heterocycles. The lowest BCUT2D eigenvalue weighted by Gasteiger charge is -1.91. The van der Waals surface area contributed by atoms with Crippen LogP contribution in [0.1, 0.15) is 5.56 Å². The van der Waals surface area contributed by atoms with Crippen LogP contribution in [-0.4, -0.2) is 0 Å². The number of benzene rings is 1. The van der Waals surface area contributed by atoms with E-state index in [4.69, 9.17) is 6.57 Å². The molecular formula is C8H6FN. The second-order valence-corrected chi connectivity index (χ2v) is 1.91. The molecule has 50 valence electrons. The van der Waals surface area contributed by atoms with Gasteiger partial charge in [0.1, 0.15) is 6.67 Å². The molecule has 0 saturated carbocycles. The van der Waals surface area contributed by atoms with E-state index in [-0.39, 0.29) is 0 Å². The van der Waals surface area contributed by atoms with Crippen LogP contribution < -0.4 is 0 Å². The largest absolute Gasteiger partial charge is 0.246 e. The van der Waals surface area contributed by atoms with Crippen LogP contribution in [0.25, 0.3) is 4.85 Å². The first kappa shape index (κ1) is 6.76. The summed E-state index contributed by atoms with van der Waals surface area (Å²) >= 11 is 0. The maximum Gasteiger partial charge on any atom is 0.187 e. The normalized spacial score (nSPS) is 8.80. The van der Waals surface area contributed by atoms with Crippen LogP contribution >= 0.6 is 0 Å². The van der Waals surface area contributed by atoms with Crippen LogP contribution in [0.4, 0.5) is 10.1 Å². The highest BCUT2D eigenvalue weighted by molar-refractivity contribution is 5.45. The highest BCUT2D eigenvalue weighted by atomic mass is 19.1. The zero-order valence-electron chi connectivity index (χ0n) is 5.34. The van der Waals surface area contributed by atoms with E-state index in [9.17, 15) is 4.39 Å². The van der Waals surface area contributed by atoms with Gasteiger partial charge in [-0.1, -0.05) is 24.3 Å². The van der Waals surface area contributed by atoms with E-state index in [0.29, 0.717) is 11.3 Å². The van der Waals surface area contributed by atoms with Crippen molar-refractivity contribution in [2.24, 2.45) is 0 Å². The van der Waals surface area contributed by atoms with Crippen molar-refractivity contribution in [1.29, 1.82) is 0 Å². The quantitative estimate of drug-likeness (QED) is 0.521. The third-order valence-corrected chi connectivity index (χ3v) is 1.22. The molecule has 0 aliphatic carbocycles. The fourth-order valence-corrected chi connectivity index (χ4v) is 0.660. The second-order valence-electron chi connectivity index (χ2n) is 1.91. The van der Waals surface area contributed by atoms with Crippen LogP contribution in [0, 0.1) is 6.57 Å². The van der Waals surface area contributed by atoms with Gasteiger partial charge in [-0.3, -0.25) is 0 Å². The lowest BCUT2D eigenvalue weighted by Crippen LogP contribution is -1.73. The first-order chi connectivity index (χ1) is 4.86. The third kappa shape index (κ3) is 1.32. The molecule has 0 aliphatic rings. The SMILES string of the molecule is [C-]#[N+]c1ccc(CF)cc1. The van der Waals surface area contributed by atoms with Crippen molar-refractivity contribution in [3.05, 3.63) is 41.2 Å². The summed E-state index contributed by atoms with van der Waals surface area (Å²) in [6.07, 6.45) is 0. The zero-order valence-corrected chi connectivity index (χ0v) is 5.34. The van der Waals surface area contributed by atoms with Crippen LogP contribution in [-0.2, 0) is 6.67 Å². The summed E-state index contributed by atoms with van der Waals surface area (Å²) in [7, 11) is 0. The monoisotopic (exact) mass is 135 g/mol. The Morgan fingerprint density at radius 2 is 1.90 bits per heavy atom. The Morgan fingerprint density at radius 1 is 1.30 bits per heavy atom. The standard InChI is InChI=1S/C8H6FN/c1-10-8-4-2-7(6-9)3-5-8/h2-5H,6H2. The van der Waals surface area contributed by atoms with Crippen molar-refractivity contribution < 1.29 is 4.39 Å². The predicted molar refractivity (Wildman–Crippen MR) is 37.5 cm³/mol. The first-order valence-electron chi connectivity index (χ1n) is 2.89. The van der Waals surface area contributed by atoms with Crippen LogP contribution in [0.5, 0.6) is 0 Å². The van der Waals surface area contributed by atoms with Crippen LogP contribution in [0.15, 0.2) is 24.3 Å². The van der Waals surface area contributed by atoms with Gasteiger partial charge in [0.2, 0.25) is 0 Å². The Bertz CT molecular complexity index is 245. The summed E-state index contributed by atoms with van der Waals surface area (Å²) in [4.78, 5) is 3.17. The minimum Gasteiger partial charge on any atom is -0.246 e. The van der Waals surface area contributed by atoms with Gasteiger partial charge in [0, 0.05) is 0 Å². The van der Waals surface area contributed by atoms with E-state index < -0.39 is 6.67 Å². The molecule has 1 aromatic rings. The molecule has 0 heterocycles. The fourth-order valence-electron chi connectivity index (χ4n) is 0.660. The van der Waals surface area contributed by atoms with E-state index in [1.54, 1.807) is 24.3 Å². The lowest BCUT2D eigenvalue weighted by atomic mass is 10.2. The van der Waals surface area contributed by atoms with E-state index >= 15 is 0 Å². The molecule has 0 amide bonds. The highest BCUT2D eigenvalue weighted by Crippen LogP contribution is 2.12. The molecule has 0 spiro atoms. The maximum absolute atomic E-state index is 11.9. The van der Waals surface area contributed by atoms with Gasteiger partial charge in [-0.05, 0) is 5.56 Å². The number of halogens is 1. The molecule has 0 unspecified atom stereocenters. The summed E-state index contributed by atoms with van der Waals surface area (Å²) in [6.45, 7) is 6.14. The molecule has 0 aromatic heterocycles. The smallest absolute Gasteiger partial charge is 0.187 e. The number of nitrogens with zero attached hydrogens (tertiary/aromatic N) is 1. The molecule has 1 aromatic carbocycles. The van der Waals surface area contributed by atoms with Gasteiger partial charge in [-0.15, -0.1) is 0 Å². The van der Waals surface area contributed by atoms with E-state index in [0.717, 1.165) is 0 Å². The average Bonchev–Trinajstić information content (AvgIpc) is 2.05. The molecule has 2 heteroatoms. The van der Waals surface area contributed by atoms with Crippen molar-refractivity contribution in [2.75, 3.05) is 0 Å². The highest BCUT2D eigenvalue weighted by Gasteiger charge is 1.90. The fraction of sp³-hybridized carbons (Fsp3) is 0.125. The number of hydrogen-bond acceptors (Lipinski definition) is 0. The molecule has 0 bridgehead atoms. The second kappa shape index (κ2) is 2.98. The maximum atomic E-state index is 11.9. The van der Waals surface area contributed by atoms with Gasteiger partial charge in [0.15, 0.2) is 5.69 Å². The van der Waals surface area contributed by atoms with Crippen molar-refractivity contribution >= 4 is 5.69 Å². The van der Waals surface area contributed by atoms with Gasteiger partial charge in [0.05, 0.1) is 6.57 Å². The van der Waals surface area contributed by atoms with Crippen molar-refractivity contribution in [3.8, 4) is 0 Å². The summed E-state index contributed by atoms with van der Waals surface area (Å²) in [5.41, 5.74) is 1.17. The topological polar surface area (TPSA) is 4.36 Å². The average molecular weight is 135 g/mol. The minimum atomic E-state index is -0.460. The molecule has 0 N–H and O–H groups in total. The lowest BCUT2D eigenvalue weighted by molar-refractivity contribution is 0.485. The van der Waals surface area contributed by atoms with E-state index in [1.165, 1.54) is 0 Å². The third-order valence-electron chi connectivity index (χ3n) is 1.22. The molecule has 1 rings (SSSR count). The van der Waals surface area contributed by atoms with Crippen molar-refractivity contribution in [1.82, 2.24) is 0 Å². The van der Waals surface area contributed by atoms with Crippen LogP contribution in [0.2, 0.25) is 0 Å². The molecule has 10 heavy (non-hydrogen) atoms. The molecule has 0 saturated heterocycles. The molecule has 0 radical (unpaired) electrons. The number of alkyl halides is 1. The van der Waals surface area contributed by atoms with E-state index in [2.05, 4.69) is 4.85 Å². The Labute approximate surface area is 58.9 Å². The molecule has 1 nitrogen and oxygen atoms in total.